The smallest absolute Gasteiger partial charge is 0.355 e. The van der Waals surface area contributed by atoms with Gasteiger partial charge in [0.05, 0.1) is 35.6 Å². The number of ketones is 1. The summed E-state index contributed by atoms with van der Waals surface area (Å²) in [5.41, 5.74) is 1.10. The summed E-state index contributed by atoms with van der Waals surface area (Å²) >= 11 is 0. The number of fused-ring (bicyclic) bond motifs is 5. The Bertz CT molecular complexity index is 1580. The molecule has 2 aromatic heterocycles. The molecule has 1 amide bonds. The molecule has 0 unspecified atom stereocenters. The second-order valence-corrected chi connectivity index (χ2v) is 9.58. The first-order valence-electron chi connectivity index (χ1n) is 12.8. The molecule has 0 saturated carbocycles. The van der Waals surface area contributed by atoms with Crippen LogP contribution >= 0.6 is 0 Å². The molecular formula is C28H28N4O7. The van der Waals surface area contributed by atoms with Gasteiger partial charge in [-0.1, -0.05) is 25.1 Å². The van der Waals surface area contributed by atoms with Gasteiger partial charge in [0, 0.05) is 29.4 Å². The summed E-state index contributed by atoms with van der Waals surface area (Å²) in [4.78, 5) is 68.0. The number of ether oxygens (including phenoxy) is 2. The minimum atomic E-state index is -1.85. The highest BCUT2D eigenvalue weighted by atomic mass is 16.6. The van der Waals surface area contributed by atoms with Crippen LogP contribution in [-0.2, 0) is 47.4 Å². The second-order valence-electron chi connectivity index (χ2n) is 9.58. The first kappa shape index (κ1) is 26.2. The number of nitrogens with one attached hydrogen (secondary N) is 2. The van der Waals surface area contributed by atoms with Crippen molar-refractivity contribution in [3.05, 3.63) is 63.4 Å². The minimum absolute atomic E-state index is 0.0118. The SMILES string of the molecule is CC[C@@]1(OC(=O)CNC(=O)CCC(=O)CNC)C(=O)OCc2c1cc1n(c2=O)Cc2cc3ccccc3nc2-1. The van der Waals surface area contributed by atoms with Gasteiger partial charge in [-0.15, -0.1) is 0 Å². The minimum Gasteiger partial charge on any atom is -0.457 e. The van der Waals surface area contributed by atoms with Crippen LogP contribution in [0.3, 0.4) is 0 Å². The van der Waals surface area contributed by atoms with E-state index in [0.29, 0.717) is 17.9 Å². The number of carbonyl (C=O) groups is 4. The van der Waals surface area contributed by atoms with E-state index in [4.69, 9.17) is 14.5 Å². The normalized spacial score (nSPS) is 17.1. The maximum Gasteiger partial charge on any atom is 0.355 e. The van der Waals surface area contributed by atoms with E-state index >= 15 is 0 Å². The Hall–Kier alpha value is -4.38. The first-order valence-corrected chi connectivity index (χ1v) is 12.8. The highest BCUT2D eigenvalue weighted by Crippen LogP contribution is 2.40. The number of cyclic esters (lactones) is 1. The zero-order chi connectivity index (χ0) is 27.7. The fourth-order valence-electron chi connectivity index (χ4n) is 5.11. The van der Waals surface area contributed by atoms with Crippen molar-refractivity contribution in [2.45, 2.75) is 44.9 Å². The quantitative estimate of drug-likeness (QED) is 0.305. The summed E-state index contributed by atoms with van der Waals surface area (Å²) in [6, 6.07) is 11.3. The molecule has 0 radical (unpaired) electrons. The monoisotopic (exact) mass is 532 g/mol. The first-order chi connectivity index (χ1) is 18.8. The molecule has 5 rings (SSSR count). The molecule has 4 heterocycles. The van der Waals surface area contributed by atoms with Gasteiger partial charge in [0.15, 0.2) is 0 Å². The molecule has 1 atom stereocenters. The number of esters is 2. The van der Waals surface area contributed by atoms with E-state index in [2.05, 4.69) is 10.6 Å². The predicted octanol–water partition coefficient (Wildman–Crippen LogP) is 1.32. The van der Waals surface area contributed by atoms with Crippen LogP contribution in [0.1, 0.15) is 42.9 Å². The van der Waals surface area contributed by atoms with Crippen LogP contribution in [0.5, 0.6) is 0 Å². The molecule has 0 fully saturated rings. The molecule has 0 aliphatic carbocycles. The van der Waals surface area contributed by atoms with Gasteiger partial charge < -0.3 is 24.7 Å². The largest absolute Gasteiger partial charge is 0.457 e. The van der Waals surface area contributed by atoms with Gasteiger partial charge in [0.2, 0.25) is 11.5 Å². The number of benzene rings is 1. The third-order valence-corrected chi connectivity index (χ3v) is 7.11. The average Bonchev–Trinajstić information content (AvgIpc) is 3.29. The molecule has 2 N–H and O–H groups in total. The number of nitrogens with zero attached hydrogens (tertiary/aromatic N) is 2. The lowest BCUT2D eigenvalue weighted by molar-refractivity contribution is -0.189. The number of pyridine rings is 2. The van der Waals surface area contributed by atoms with Crippen LogP contribution in [0.2, 0.25) is 0 Å². The molecular weight excluding hydrogens is 504 g/mol. The van der Waals surface area contributed by atoms with E-state index in [9.17, 15) is 24.0 Å². The predicted molar refractivity (Wildman–Crippen MR) is 140 cm³/mol. The summed E-state index contributed by atoms with van der Waals surface area (Å²) in [5.74, 6) is -2.30. The molecule has 39 heavy (non-hydrogen) atoms. The Labute approximate surface area is 223 Å². The summed E-state index contributed by atoms with van der Waals surface area (Å²) < 4.78 is 12.6. The van der Waals surface area contributed by atoms with Crippen molar-refractivity contribution in [2.75, 3.05) is 20.1 Å². The lowest BCUT2D eigenvalue weighted by Gasteiger charge is -2.35. The van der Waals surface area contributed by atoms with Crippen LogP contribution in [0.4, 0.5) is 0 Å². The van der Waals surface area contributed by atoms with E-state index in [1.54, 1.807) is 24.6 Å². The molecule has 3 aromatic rings. The summed E-state index contributed by atoms with van der Waals surface area (Å²) in [6.07, 6.45) is -0.0420. The van der Waals surface area contributed by atoms with E-state index in [0.717, 1.165) is 16.5 Å². The topological polar surface area (TPSA) is 146 Å². The Morgan fingerprint density at radius 2 is 1.92 bits per heavy atom. The van der Waals surface area contributed by atoms with Gasteiger partial charge in [-0.25, -0.2) is 9.78 Å². The molecule has 202 valence electrons. The van der Waals surface area contributed by atoms with Crippen molar-refractivity contribution in [3.63, 3.8) is 0 Å². The maximum atomic E-state index is 13.6. The van der Waals surface area contributed by atoms with Crippen LogP contribution in [0, 0.1) is 0 Å². The fraction of sp³-hybridized carbons (Fsp3) is 0.357. The molecule has 0 bridgehead atoms. The number of aromatic nitrogens is 2. The highest BCUT2D eigenvalue weighted by Gasteiger charge is 2.50. The lowest BCUT2D eigenvalue weighted by atomic mass is 9.85. The van der Waals surface area contributed by atoms with Gasteiger partial charge >= 0.3 is 11.9 Å². The molecule has 2 aliphatic rings. The Balaban J connectivity index is 1.43. The summed E-state index contributed by atoms with van der Waals surface area (Å²) in [7, 11) is 1.63. The lowest BCUT2D eigenvalue weighted by Crippen LogP contribution is -2.48. The van der Waals surface area contributed by atoms with E-state index in [1.165, 1.54) is 0 Å². The van der Waals surface area contributed by atoms with Crippen LogP contribution in [0.15, 0.2) is 41.2 Å². The van der Waals surface area contributed by atoms with E-state index in [1.807, 2.05) is 30.3 Å². The number of Topliss-reactive ketones (excluding diaryl/α,β-unsaturated/α-hetero) is 1. The Morgan fingerprint density at radius 3 is 2.69 bits per heavy atom. The van der Waals surface area contributed by atoms with Crippen molar-refractivity contribution in [1.82, 2.24) is 20.2 Å². The highest BCUT2D eigenvalue weighted by molar-refractivity contribution is 5.90. The van der Waals surface area contributed by atoms with Crippen molar-refractivity contribution in [2.24, 2.45) is 0 Å². The number of amides is 1. The van der Waals surface area contributed by atoms with Crippen molar-refractivity contribution in [3.8, 4) is 11.4 Å². The number of hydrogen-bond donors (Lipinski definition) is 2. The number of carbonyl (C=O) groups excluding carboxylic acids is 4. The Morgan fingerprint density at radius 1 is 1.13 bits per heavy atom. The second kappa shape index (κ2) is 10.4. The van der Waals surface area contributed by atoms with Gasteiger partial charge in [0.25, 0.3) is 5.56 Å². The van der Waals surface area contributed by atoms with Gasteiger partial charge in [0.1, 0.15) is 18.9 Å². The summed E-state index contributed by atoms with van der Waals surface area (Å²) in [5, 5.41) is 6.08. The number of hydrogen-bond acceptors (Lipinski definition) is 9. The summed E-state index contributed by atoms with van der Waals surface area (Å²) in [6.45, 7) is 1.37. The third kappa shape index (κ3) is 4.69. The molecule has 0 saturated heterocycles. The molecule has 11 heteroatoms. The average molecular weight is 533 g/mol. The van der Waals surface area contributed by atoms with E-state index in [-0.39, 0.29) is 54.9 Å². The molecule has 0 spiro atoms. The maximum absolute atomic E-state index is 13.6. The molecule has 1 aromatic carbocycles. The molecule has 11 nitrogen and oxygen atoms in total. The van der Waals surface area contributed by atoms with Crippen molar-refractivity contribution in [1.29, 1.82) is 0 Å². The Kier molecular flexibility index (Phi) is 7.00. The molecule has 2 aliphatic heterocycles. The van der Waals surface area contributed by atoms with Gasteiger partial charge in [-0.2, -0.15) is 0 Å². The van der Waals surface area contributed by atoms with Crippen LogP contribution < -0.4 is 16.2 Å². The number of para-hydroxylation sites is 1. The third-order valence-electron chi connectivity index (χ3n) is 7.11. The van der Waals surface area contributed by atoms with Gasteiger partial charge in [-0.3, -0.25) is 19.2 Å². The van der Waals surface area contributed by atoms with Crippen molar-refractivity contribution >= 4 is 34.5 Å². The number of likely N-dealkylation sites (N-methyl/N-ethyl adjacent to an activating group) is 1. The van der Waals surface area contributed by atoms with Crippen LogP contribution in [0.25, 0.3) is 22.3 Å². The zero-order valence-electron chi connectivity index (χ0n) is 21.7. The zero-order valence-corrected chi connectivity index (χ0v) is 21.7. The van der Waals surface area contributed by atoms with Gasteiger partial charge in [-0.05, 0) is 31.7 Å². The van der Waals surface area contributed by atoms with Crippen molar-refractivity contribution < 1.29 is 28.7 Å². The fourth-order valence-corrected chi connectivity index (χ4v) is 5.11. The number of rotatable bonds is 9. The van der Waals surface area contributed by atoms with E-state index < -0.39 is 30.0 Å². The standard InChI is InChI=1S/C28H28N4O7/c1-3-28(39-24(35)13-30-23(34)9-8-18(33)12-29-2)20-11-22-25-17(10-16-6-4-5-7-21(16)31-25)14-32(22)26(36)19(20)15-38-27(28)37/h4-7,10-11,29H,3,8-9,12-15H2,1-2H3,(H,30,34)/t28-/m0/s1. The van der Waals surface area contributed by atoms with Crippen LogP contribution in [-0.4, -0.2) is 53.3 Å².